The highest BCUT2D eigenvalue weighted by atomic mass is 16.1. The molecule has 0 saturated heterocycles. The summed E-state index contributed by atoms with van der Waals surface area (Å²) in [7, 11) is 2.04. The van der Waals surface area contributed by atoms with E-state index in [0.717, 1.165) is 18.4 Å². The van der Waals surface area contributed by atoms with Crippen molar-refractivity contribution in [2.24, 2.45) is 7.05 Å². The Kier molecular flexibility index (Phi) is 1.98. The van der Waals surface area contributed by atoms with Gasteiger partial charge in [-0.25, -0.2) is 0 Å². The van der Waals surface area contributed by atoms with E-state index < -0.39 is 0 Å². The number of carbonyl (C=O) groups is 1. The Bertz CT molecular complexity index is 349. The molecule has 1 aromatic heterocycles. The van der Waals surface area contributed by atoms with Crippen LogP contribution in [0.3, 0.4) is 0 Å². The molecule has 0 spiro atoms. The molecule has 2 heteroatoms. The SMILES string of the molecule is CC(=O)c1cn(C)c2c1CCCC2. The summed E-state index contributed by atoms with van der Waals surface area (Å²) in [5.74, 6) is 0.207. The first-order valence-electron chi connectivity index (χ1n) is 4.88. The van der Waals surface area contributed by atoms with Gasteiger partial charge >= 0.3 is 0 Å². The molecule has 0 radical (unpaired) electrons. The van der Waals surface area contributed by atoms with Crippen LogP contribution in [-0.2, 0) is 19.9 Å². The van der Waals surface area contributed by atoms with Gasteiger partial charge in [-0.1, -0.05) is 0 Å². The Hall–Kier alpha value is -1.05. The quantitative estimate of drug-likeness (QED) is 0.602. The van der Waals surface area contributed by atoms with Crippen LogP contribution in [0.4, 0.5) is 0 Å². The van der Waals surface area contributed by atoms with Gasteiger partial charge in [0.1, 0.15) is 0 Å². The van der Waals surface area contributed by atoms with Crippen LogP contribution >= 0.6 is 0 Å². The van der Waals surface area contributed by atoms with E-state index in [0.29, 0.717) is 0 Å². The largest absolute Gasteiger partial charge is 0.353 e. The van der Waals surface area contributed by atoms with Gasteiger partial charge in [-0.15, -0.1) is 0 Å². The van der Waals surface area contributed by atoms with Crippen LogP contribution in [0.5, 0.6) is 0 Å². The number of hydrogen-bond acceptors (Lipinski definition) is 1. The van der Waals surface area contributed by atoms with E-state index in [2.05, 4.69) is 4.57 Å². The van der Waals surface area contributed by atoms with Gasteiger partial charge in [-0.2, -0.15) is 0 Å². The summed E-state index contributed by atoms with van der Waals surface area (Å²) >= 11 is 0. The molecule has 1 aromatic rings. The lowest BCUT2D eigenvalue weighted by atomic mass is 9.94. The maximum atomic E-state index is 11.3. The first-order chi connectivity index (χ1) is 6.20. The number of aryl methyl sites for hydroxylation is 1. The average Bonchev–Trinajstić information content (AvgIpc) is 2.45. The number of ketones is 1. The highest BCUT2D eigenvalue weighted by Gasteiger charge is 2.19. The van der Waals surface area contributed by atoms with Crippen LogP contribution in [0.1, 0.15) is 41.4 Å². The van der Waals surface area contributed by atoms with Crippen molar-refractivity contribution in [2.45, 2.75) is 32.6 Å². The Morgan fingerprint density at radius 2 is 2.08 bits per heavy atom. The van der Waals surface area contributed by atoms with E-state index >= 15 is 0 Å². The molecule has 1 heterocycles. The molecule has 0 N–H and O–H groups in total. The Balaban J connectivity index is 2.53. The minimum atomic E-state index is 0.207. The molecular weight excluding hydrogens is 162 g/mol. The van der Waals surface area contributed by atoms with E-state index in [-0.39, 0.29) is 5.78 Å². The van der Waals surface area contributed by atoms with Crippen LogP contribution in [0, 0.1) is 0 Å². The summed E-state index contributed by atoms with van der Waals surface area (Å²) in [5.41, 5.74) is 3.62. The van der Waals surface area contributed by atoms with Crippen molar-refractivity contribution in [3.05, 3.63) is 23.0 Å². The zero-order valence-electron chi connectivity index (χ0n) is 8.26. The van der Waals surface area contributed by atoms with E-state index in [1.807, 2.05) is 13.2 Å². The number of rotatable bonds is 1. The molecule has 0 aromatic carbocycles. The lowest BCUT2D eigenvalue weighted by Crippen LogP contribution is -2.06. The van der Waals surface area contributed by atoms with Crippen molar-refractivity contribution >= 4 is 5.78 Å². The fraction of sp³-hybridized carbons (Fsp3) is 0.545. The van der Waals surface area contributed by atoms with Crippen molar-refractivity contribution in [3.8, 4) is 0 Å². The number of hydrogen-bond donors (Lipinski definition) is 0. The first-order valence-corrected chi connectivity index (χ1v) is 4.88. The predicted molar refractivity (Wildman–Crippen MR) is 52.1 cm³/mol. The fourth-order valence-electron chi connectivity index (χ4n) is 2.22. The third-order valence-electron chi connectivity index (χ3n) is 2.89. The van der Waals surface area contributed by atoms with Crippen LogP contribution < -0.4 is 0 Å². The number of aromatic nitrogens is 1. The van der Waals surface area contributed by atoms with Crippen molar-refractivity contribution in [1.29, 1.82) is 0 Å². The number of Topliss-reactive ketones (excluding diaryl/α,β-unsaturated/α-hetero) is 1. The Morgan fingerprint density at radius 3 is 2.77 bits per heavy atom. The summed E-state index contributed by atoms with van der Waals surface area (Å²) in [6.45, 7) is 1.66. The van der Waals surface area contributed by atoms with Crippen molar-refractivity contribution in [1.82, 2.24) is 4.57 Å². The van der Waals surface area contributed by atoms with Crippen LogP contribution in [-0.4, -0.2) is 10.4 Å². The molecule has 0 bridgehead atoms. The van der Waals surface area contributed by atoms with Crippen LogP contribution in [0.15, 0.2) is 6.20 Å². The number of nitrogens with zero attached hydrogens (tertiary/aromatic N) is 1. The molecule has 0 unspecified atom stereocenters. The molecule has 0 aliphatic heterocycles. The molecule has 0 amide bonds. The lowest BCUT2D eigenvalue weighted by molar-refractivity contribution is 0.101. The molecule has 2 rings (SSSR count). The van der Waals surface area contributed by atoms with Gasteiger partial charge in [0.2, 0.25) is 0 Å². The monoisotopic (exact) mass is 177 g/mol. The van der Waals surface area contributed by atoms with Gasteiger partial charge in [0, 0.05) is 24.5 Å². The molecule has 2 nitrogen and oxygen atoms in total. The molecule has 1 aliphatic carbocycles. The zero-order chi connectivity index (χ0) is 9.42. The maximum absolute atomic E-state index is 11.3. The summed E-state index contributed by atoms with van der Waals surface area (Å²) < 4.78 is 2.12. The van der Waals surface area contributed by atoms with Gasteiger partial charge < -0.3 is 4.57 Å². The van der Waals surface area contributed by atoms with Gasteiger partial charge in [0.25, 0.3) is 0 Å². The molecule has 0 fully saturated rings. The smallest absolute Gasteiger partial charge is 0.161 e. The third kappa shape index (κ3) is 1.30. The summed E-state index contributed by atoms with van der Waals surface area (Å²) in [6, 6.07) is 0. The van der Waals surface area contributed by atoms with E-state index in [9.17, 15) is 4.79 Å². The first kappa shape index (κ1) is 8.54. The lowest BCUT2D eigenvalue weighted by Gasteiger charge is -2.13. The Labute approximate surface area is 78.6 Å². The normalized spacial score (nSPS) is 15.5. The number of fused-ring (bicyclic) bond motifs is 1. The third-order valence-corrected chi connectivity index (χ3v) is 2.89. The number of carbonyl (C=O) groups excluding carboxylic acids is 1. The molecule has 70 valence electrons. The van der Waals surface area contributed by atoms with Gasteiger partial charge in [-0.3, -0.25) is 4.79 Å². The standard InChI is InChI=1S/C11H15NO/c1-8(13)10-7-12(2)11-6-4-3-5-9(10)11/h7H,3-6H2,1-2H3. The second kappa shape index (κ2) is 3.02. The topological polar surface area (TPSA) is 22.0 Å². The fourth-order valence-corrected chi connectivity index (χ4v) is 2.22. The van der Waals surface area contributed by atoms with Crippen LogP contribution in [0.2, 0.25) is 0 Å². The molecule has 0 atom stereocenters. The van der Waals surface area contributed by atoms with E-state index in [1.165, 1.54) is 24.1 Å². The van der Waals surface area contributed by atoms with E-state index in [1.54, 1.807) is 6.92 Å². The highest BCUT2D eigenvalue weighted by Crippen LogP contribution is 2.25. The van der Waals surface area contributed by atoms with Gasteiger partial charge in [0.05, 0.1) is 0 Å². The average molecular weight is 177 g/mol. The molecular formula is C11H15NO. The van der Waals surface area contributed by atoms with E-state index in [4.69, 9.17) is 0 Å². The minimum absolute atomic E-state index is 0.207. The summed E-state index contributed by atoms with van der Waals surface area (Å²) in [4.78, 5) is 11.3. The molecule has 13 heavy (non-hydrogen) atoms. The van der Waals surface area contributed by atoms with Crippen molar-refractivity contribution < 1.29 is 4.79 Å². The maximum Gasteiger partial charge on any atom is 0.161 e. The van der Waals surface area contributed by atoms with Gasteiger partial charge in [0.15, 0.2) is 5.78 Å². The summed E-state index contributed by atoms with van der Waals surface area (Å²) in [6.07, 6.45) is 6.71. The van der Waals surface area contributed by atoms with Crippen LogP contribution in [0.25, 0.3) is 0 Å². The zero-order valence-corrected chi connectivity index (χ0v) is 8.26. The summed E-state index contributed by atoms with van der Waals surface area (Å²) in [5, 5.41) is 0. The molecule has 1 aliphatic rings. The second-order valence-electron chi connectivity index (χ2n) is 3.84. The van der Waals surface area contributed by atoms with Crippen molar-refractivity contribution in [2.75, 3.05) is 0 Å². The Morgan fingerprint density at radius 1 is 1.38 bits per heavy atom. The van der Waals surface area contributed by atoms with Gasteiger partial charge in [-0.05, 0) is 38.2 Å². The second-order valence-corrected chi connectivity index (χ2v) is 3.84. The molecule has 0 saturated carbocycles. The predicted octanol–water partition coefficient (Wildman–Crippen LogP) is 2.11. The van der Waals surface area contributed by atoms with Crippen molar-refractivity contribution in [3.63, 3.8) is 0 Å². The minimum Gasteiger partial charge on any atom is -0.353 e. The highest BCUT2D eigenvalue weighted by molar-refractivity contribution is 5.95.